The molecular weight excluding hydrogens is 396 g/mol. The summed E-state index contributed by atoms with van der Waals surface area (Å²) in [6, 6.07) is 20.2. The van der Waals surface area contributed by atoms with Gasteiger partial charge in [0.25, 0.3) is 0 Å². The van der Waals surface area contributed by atoms with E-state index in [0.29, 0.717) is 13.0 Å². The first-order valence-electron chi connectivity index (χ1n) is 10.1. The van der Waals surface area contributed by atoms with Crippen LogP contribution in [-0.4, -0.2) is 35.9 Å². The third-order valence-corrected chi connectivity index (χ3v) is 7.24. The molecule has 0 amide bonds. The molecule has 1 atom stereocenters. The van der Waals surface area contributed by atoms with Gasteiger partial charge in [0.1, 0.15) is 0 Å². The Labute approximate surface area is 177 Å². The highest BCUT2D eigenvalue weighted by Gasteiger charge is 2.31. The Bertz CT molecular complexity index is 1140. The quantitative estimate of drug-likeness (QED) is 0.446. The maximum Gasteiger partial charge on any atom is 0.152 e. The second-order valence-corrected chi connectivity index (χ2v) is 9.94. The monoisotopic (exact) mass is 422 g/mol. The summed E-state index contributed by atoms with van der Waals surface area (Å²) in [5, 5.41) is 11.4. The van der Waals surface area contributed by atoms with E-state index in [1.807, 2.05) is 78.3 Å². The predicted octanol–water partition coefficient (Wildman–Crippen LogP) is 3.90. The standard InChI is InChI=1S/C23H26N4O2S/c1-18-23(19(2)27(25-18)22-13-14-30(28,29)17-22)15-24-26(21-11-7-4-8-12-21)16-20-9-5-3-6-10-20/h3-12,15,22H,13-14,16-17H2,1-2H3/t22-/m1/s1. The van der Waals surface area contributed by atoms with Gasteiger partial charge in [-0.15, -0.1) is 0 Å². The first-order valence-corrected chi connectivity index (χ1v) is 11.9. The molecule has 0 saturated carbocycles. The lowest BCUT2D eigenvalue weighted by Gasteiger charge is -2.19. The molecule has 30 heavy (non-hydrogen) atoms. The van der Waals surface area contributed by atoms with Crippen molar-refractivity contribution < 1.29 is 8.42 Å². The van der Waals surface area contributed by atoms with E-state index < -0.39 is 9.84 Å². The van der Waals surface area contributed by atoms with Crippen LogP contribution in [0.25, 0.3) is 0 Å². The number of sulfone groups is 1. The molecule has 1 fully saturated rings. The number of aromatic nitrogens is 2. The Hall–Kier alpha value is -2.93. The summed E-state index contributed by atoms with van der Waals surface area (Å²) < 4.78 is 25.6. The van der Waals surface area contributed by atoms with E-state index >= 15 is 0 Å². The minimum atomic E-state index is -2.96. The van der Waals surface area contributed by atoms with Crippen molar-refractivity contribution in [1.82, 2.24) is 9.78 Å². The van der Waals surface area contributed by atoms with Crippen LogP contribution >= 0.6 is 0 Å². The molecule has 0 spiro atoms. The van der Waals surface area contributed by atoms with Crippen LogP contribution in [0.4, 0.5) is 5.69 Å². The van der Waals surface area contributed by atoms with Gasteiger partial charge in [-0.2, -0.15) is 10.2 Å². The van der Waals surface area contributed by atoms with E-state index in [9.17, 15) is 8.42 Å². The number of para-hydroxylation sites is 1. The number of rotatable bonds is 6. The number of hydrogen-bond acceptors (Lipinski definition) is 5. The Balaban J connectivity index is 1.63. The molecule has 1 aliphatic heterocycles. The van der Waals surface area contributed by atoms with Gasteiger partial charge in [0.2, 0.25) is 0 Å². The average Bonchev–Trinajstić information content (AvgIpc) is 3.25. The highest BCUT2D eigenvalue weighted by atomic mass is 32.2. The van der Waals surface area contributed by atoms with Crippen LogP contribution in [0.2, 0.25) is 0 Å². The fourth-order valence-electron chi connectivity index (χ4n) is 3.87. The van der Waals surface area contributed by atoms with Gasteiger partial charge in [0, 0.05) is 11.3 Å². The second kappa shape index (κ2) is 8.44. The molecule has 1 saturated heterocycles. The van der Waals surface area contributed by atoms with Gasteiger partial charge < -0.3 is 0 Å². The van der Waals surface area contributed by atoms with Crippen LogP contribution in [0.5, 0.6) is 0 Å². The van der Waals surface area contributed by atoms with Crippen LogP contribution in [0.1, 0.15) is 35.0 Å². The fourth-order valence-corrected chi connectivity index (χ4v) is 5.56. The van der Waals surface area contributed by atoms with Crippen molar-refractivity contribution in [3.05, 3.63) is 83.2 Å². The lowest BCUT2D eigenvalue weighted by molar-refractivity contribution is 0.486. The molecule has 0 N–H and O–H groups in total. The second-order valence-electron chi connectivity index (χ2n) is 7.71. The van der Waals surface area contributed by atoms with E-state index in [-0.39, 0.29) is 17.5 Å². The van der Waals surface area contributed by atoms with Crippen molar-refractivity contribution in [1.29, 1.82) is 0 Å². The highest BCUT2D eigenvalue weighted by Crippen LogP contribution is 2.26. The normalized spacial score (nSPS) is 18.1. The number of aryl methyl sites for hydroxylation is 1. The first-order chi connectivity index (χ1) is 14.4. The smallest absolute Gasteiger partial charge is 0.152 e. The molecule has 0 unspecified atom stereocenters. The Morgan fingerprint density at radius 2 is 1.77 bits per heavy atom. The number of benzene rings is 2. The van der Waals surface area contributed by atoms with E-state index in [1.165, 1.54) is 5.56 Å². The maximum atomic E-state index is 11.9. The van der Waals surface area contributed by atoms with Crippen LogP contribution < -0.4 is 5.01 Å². The molecule has 2 aromatic carbocycles. The van der Waals surface area contributed by atoms with Gasteiger partial charge in [-0.25, -0.2) is 8.42 Å². The minimum Gasteiger partial charge on any atom is -0.265 e. The van der Waals surface area contributed by atoms with Gasteiger partial charge in [0.15, 0.2) is 9.84 Å². The summed E-state index contributed by atoms with van der Waals surface area (Å²) >= 11 is 0. The highest BCUT2D eigenvalue weighted by molar-refractivity contribution is 7.91. The minimum absolute atomic E-state index is 0.0922. The molecule has 1 aromatic heterocycles. The molecule has 4 rings (SSSR count). The Morgan fingerprint density at radius 3 is 2.40 bits per heavy atom. The van der Waals surface area contributed by atoms with Crippen LogP contribution in [-0.2, 0) is 16.4 Å². The molecule has 1 aliphatic rings. The topological polar surface area (TPSA) is 67.6 Å². The largest absolute Gasteiger partial charge is 0.265 e. The summed E-state index contributed by atoms with van der Waals surface area (Å²) in [6.07, 6.45) is 2.46. The average molecular weight is 423 g/mol. The lowest BCUT2D eigenvalue weighted by atomic mass is 10.2. The SMILES string of the molecule is Cc1nn([C@@H]2CCS(=O)(=O)C2)c(C)c1C=NN(Cc1ccccc1)c1ccccc1. The van der Waals surface area contributed by atoms with Crippen LogP contribution in [0.15, 0.2) is 65.8 Å². The summed E-state index contributed by atoms with van der Waals surface area (Å²) in [5.41, 5.74) is 4.91. The van der Waals surface area contributed by atoms with E-state index in [1.54, 1.807) is 0 Å². The van der Waals surface area contributed by atoms with Gasteiger partial charge in [-0.1, -0.05) is 48.5 Å². The van der Waals surface area contributed by atoms with Crippen LogP contribution in [0.3, 0.4) is 0 Å². The number of anilines is 1. The van der Waals surface area contributed by atoms with Crippen molar-refractivity contribution in [2.75, 3.05) is 16.5 Å². The molecule has 3 aromatic rings. The lowest BCUT2D eigenvalue weighted by Crippen LogP contribution is -2.16. The Morgan fingerprint density at radius 1 is 1.10 bits per heavy atom. The van der Waals surface area contributed by atoms with E-state index in [0.717, 1.165) is 22.6 Å². The summed E-state index contributed by atoms with van der Waals surface area (Å²) in [5.74, 6) is 0.397. The molecule has 0 radical (unpaired) electrons. The molecule has 2 heterocycles. The van der Waals surface area contributed by atoms with Gasteiger partial charge in [-0.3, -0.25) is 9.69 Å². The van der Waals surface area contributed by atoms with Crippen LogP contribution in [0, 0.1) is 13.8 Å². The van der Waals surface area contributed by atoms with Crippen molar-refractivity contribution in [2.45, 2.75) is 32.9 Å². The summed E-state index contributed by atoms with van der Waals surface area (Å²) in [7, 11) is -2.96. The zero-order chi connectivity index (χ0) is 21.1. The van der Waals surface area contributed by atoms with Crippen molar-refractivity contribution in [3.8, 4) is 0 Å². The molecule has 0 bridgehead atoms. The maximum absolute atomic E-state index is 11.9. The van der Waals surface area contributed by atoms with Gasteiger partial charge >= 0.3 is 0 Å². The van der Waals surface area contributed by atoms with Gasteiger partial charge in [-0.05, 0) is 38.0 Å². The Kier molecular flexibility index (Phi) is 5.72. The number of hydrogen-bond donors (Lipinski definition) is 0. The molecule has 6 nitrogen and oxygen atoms in total. The fraction of sp³-hybridized carbons (Fsp3) is 0.304. The summed E-state index contributed by atoms with van der Waals surface area (Å²) in [6.45, 7) is 4.57. The zero-order valence-electron chi connectivity index (χ0n) is 17.3. The van der Waals surface area contributed by atoms with E-state index in [2.05, 4.69) is 17.2 Å². The van der Waals surface area contributed by atoms with E-state index in [4.69, 9.17) is 5.10 Å². The van der Waals surface area contributed by atoms with Gasteiger partial charge in [0.05, 0.1) is 41.7 Å². The third kappa shape index (κ3) is 4.46. The molecule has 156 valence electrons. The molecule has 0 aliphatic carbocycles. The zero-order valence-corrected chi connectivity index (χ0v) is 18.1. The van der Waals surface area contributed by atoms with Crippen molar-refractivity contribution >= 4 is 21.7 Å². The van der Waals surface area contributed by atoms with Crippen molar-refractivity contribution in [3.63, 3.8) is 0 Å². The van der Waals surface area contributed by atoms with Crippen molar-refractivity contribution in [2.24, 2.45) is 5.10 Å². The third-order valence-electron chi connectivity index (χ3n) is 5.49. The summed E-state index contributed by atoms with van der Waals surface area (Å²) in [4.78, 5) is 0. The number of nitrogens with zero attached hydrogens (tertiary/aromatic N) is 4. The molecule has 7 heteroatoms. The predicted molar refractivity (Wildman–Crippen MR) is 121 cm³/mol. The molecular formula is C23H26N4O2S. The number of hydrazone groups is 1. The first kappa shape index (κ1) is 20.3.